The summed E-state index contributed by atoms with van der Waals surface area (Å²) in [7, 11) is 0. The lowest BCUT2D eigenvalue weighted by atomic mass is 9.90. The maximum atomic E-state index is 14.9. The third-order valence-electron chi connectivity index (χ3n) is 7.18. The minimum absolute atomic E-state index is 0.108. The van der Waals surface area contributed by atoms with Crippen molar-refractivity contribution in [2.45, 2.75) is 26.4 Å². The predicted octanol–water partition coefficient (Wildman–Crippen LogP) is 6.21. The highest BCUT2D eigenvalue weighted by Crippen LogP contribution is 2.42. The summed E-state index contributed by atoms with van der Waals surface area (Å²) in [6, 6.07) is 16.2. The van der Waals surface area contributed by atoms with Crippen molar-refractivity contribution in [3.63, 3.8) is 0 Å². The standard InChI is InChI=1S/C31H30ClFN4O2/c1-4-27(39)36-13-15-37(16-14-36)31-23-17-24(32)29(22-11-7-8-12-25(22)33)35-30(23)28(26(18-38)34-31)21-10-6-5-9-20(21)19(2)3/h4-12,17,19,38H,1,13-16,18H2,2-3H3. The van der Waals surface area contributed by atoms with Crippen LogP contribution in [0.2, 0.25) is 5.02 Å². The number of pyridine rings is 2. The summed E-state index contributed by atoms with van der Waals surface area (Å²) in [4.78, 5) is 25.9. The van der Waals surface area contributed by atoms with Gasteiger partial charge in [-0.3, -0.25) is 4.79 Å². The van der Waals surface area contributed by atoms with Crippen LogP contribution in [0.25, 0.3) is 33.3 Å². The summed E-state index contributed by atoms with van der Waals surface area (Å²) >= 11 is 6.77. The van der Waals surface area contributed by atoms with E-state index in [4.69, 9.17) is 21.6 Å². The van der Waals surface area contributed by atoms with Gasteiger partial charge in [0.05, 0.1) is 28.5 Å². The van der Waals surface area contributed by atoms with E-state index in [0.717, 1.165) is 11.1 Å². The highest BCUT2D eigenvalue weighted by molar-refractivity contribution is 6.34. The summed E-state index contributed by atoms with van der Waals surface area (Å²) in [5.74, 6) is 0.301. The van der Waals surface area contributed by atoms with Gasteiger partial charge in [-0.2, -0.15) is 0 Å². The largest absolute Gasteiger partial charge is 0.390 e. The van der Waals surface area contributed by atoms with Crippen LogP contribution in [0.3, 0.4) is 0 Å². The number of aliphatic hydroxyl groups is 1. The number of hydrogen-bond acceptors (Lipinski definition) is 5. The first kappa shape index (κ1) is 26.8. The van der Waals surface area contributed by atoms with Crippen LogP contribution in [0, 0.1) is 5.82 Å². The molecule has 200 valence electrons. The van der Waals surface area contributed by atoms with Gasteiger partial charge in [-0.05, 0) is 41.3 Å². The number of halogens is 2. The van der Waals surface area contributed by atoms with Crippen molar-refractivity contribution in [2.24, 2.45) is 0 Å². The van der Waals surface area contributed by atoms with Crippen molar-refractivity contribution in [3.8, 4) is 22.4 Å². The van der Waals surface area contributed by atoms with Crippen LogP contribution in [-0.2, 0) is 11.4 Å². The summed E-state index contributed by atoms with van der Waals surface area (Å²) < 4.78 is 14.9. The first-order chi connectivity index (χ1) is 18.8. The first-order valence-corrected chi connectivity index (χ1v) is 13.4. The number of rotatable bonds is 6. The molecule has 1 fully saturated rings. The molecule has 0 atom stereocenters. The Bertz CT molecular complexity index is 1560. The molecule has 0 saturated carbocycles. The summed E-state index contributed by atoms with van der Waals surface area (Å²) in [6.45, 7) is 9.61. The fourth-order valence-corrected chi connectivity index (χ4v) is 5.46. The van der Waals surface area contributed by atoms with Crippen LogP contribution in [0.15, 0.2) is 67.3 Å². The van der Waals surface area contributed by atoms with Crippen LogP contribution in [0.5, 0.6) is 0 Å². The molecule has 1 aliphatic rings. The Kier molecular flexibility index (Phi) is 7.64. The van der Waals surface area contributed by atoms with E-state index in [0.29, 0.717) is 70.4 Å². The zero-order valence-corrected chi connectivity index (χ0v) is 22.7. The van der Waals surface area contributed by atoms with E-state index in [1.807, 2.05) is 18.2 Å². The molecule has 1 amide bonds. The second-order valence-corrected chi connectivity index (χ2v) is 10.3. The summed E-state index contributed by atoms with van der Waals surface area (Å²) in [6.07, 6.45) is 1.32. The zero-order chi connectivity index (χ0) is 27.7. The number of carbonyl (C=O) groups excluding carboxylic acids is 1. The van der Waals surface area contributed by atoms with E-state index in [1.165, 1.54) is 12.1 Å². The molecule has 1 aliphatic heterocycles. The molecule has 8 heteroatoms. The molecule has 0 aliphatic carbocycles. The Morgan fingerprint density at radius 1 is 1.08 bits per heavy atom. The smallest absolute Gasteiger partial charge is 0.246 e. The van der Waals surface area contributed by atoms with Crippen molar-refractivity contribution >= 4 is 34.2 Å². The molecule has 0 spiro atoms. The molecule has 0 radical (unpaired) electrons. The highest BCUT2D eigenvalue weighted by Gasteiger charge is 2.27. The van der Waals surface area contributed by atoms with Gasteiger partial charge in [0.1, 0.15) is 11.6 Å². The lowest BCUT2D eigenvalue weighted by molar-refractivity contribution is -0.126. The van der Waals surface area contributed by atoms with Crippen molar-refractivity contribution < 1.29 is 14.3 Å². The topological polar surface area (TPSA) is 69.6 Å². The van der Waals surface area contributed by atoms with E-state index in [1.54, 1.807) is 29.2 Å². The first-order valence-electron chi connectivity index (χ1n) is 13.0. The van der Waals surface area contributed by atoms with Gasteiger partial charge in [-0.15, -0.1) is 0 Å². The fraction of sp³-hybridized carbons (Fsp3) is 0.258. The summed E-state index contributed by atoms with van der Waals surface area (Å²) in [5, 5.41) is 11.6. The number of nitrogens with zero attached hydrogens (tertiary/aromatic N) is 4. The average molecular weight is 545 g/mol. The summed E-state index contributed by atoms with van der Waals surface area (Å²) in [5.41, 5.74) is 4.39. The lowest BCUT2D eigenvalue weighted by Gasteiger charge is -2.36. The molecule has 1 saturated heterocycles. The molecule has 0 unspecified atom stereocenters. The molecule has 1 N–H and O–H groups in total. The van der Waals surface area contributed by atoms with E-state index >= 15 is 0 Å². The molecule has 39 heavy (non-hydrogen) atoms. The number of aromatic nitrogens is 2. The SMILES string of the molecule is C=CC(=O)N1CCN(c2nc(CO)c(-c3ccccc3C(C)C)c3nc(-c4ccccc4F)c(Cl)cc23)CC1. The van der Waals surface area contributed by atoms with Crippen LogP contribution in [-0.4, -0.2) is 52.1 Å². The molecular weight excluding hydrogens is 515 g/mol. The lowest BCUT2D eigenvalue weighted by Crippen LogP contribution is -2.48. The number of amides is 1. The number of anilines is 1. The normalized spacial score (nSPS) is 13.8. The van der Waals surface area contributed by atoms with Gasteiger partial charge in [-0.1, -0.05) is 68.4 Å². The van der Waals surface area contributed by atoms with Gasteiger partial charge >= 0.3 is 0 Å². The number of piperazine rings is 1. The number of benzene rings is 2. The molecular formula is C31H30ClFN4O2. The van der Waals surface area contributed by atoms with Gasteiger partial charge in [0.25, 0.3) is 0 Å². The van der Waals surface area contributed by atoms with Crippen molar-refractivity contribution in [1.82, 2.24) is 14.9 Å². The van der Waals surface area contributed by atoms with Crippen LogP contribution in [0.4, 0.5) is 10.2 Å². The molecule has 3 heterocycles. The van der Waals surface area contributed by atoms with Gasteiger partial charge in [-0.25, -0.2) is 14.4 Å². The van der Waals surface area contributed by atoms with Crippen LogP contribution in [0.1, 0.15) is 31.0 Å². The molecule has 0 bridgehead atoms. The second kappa shape index (κ2) is 11.1. The monoisotopic (exact) mass is 544 g/mol. The van der Waals surface area contributed by atoms with Gasteiger partial charge < -0.3 is 14.9 Å². The minimum Gasteiger partial charge on any atom is -0.390 e. The quantitative estimate of drug-likeness (QED) is 0.292. The predicted molar refractivity (Wildman–Crippen MR) is 154 cm³/mol. The van der Waals surface area contributed by atoms with E-state index in [2.05, 4.69) is 31.4 Å². The van der Waals surface area contributed by atoms with Crippen molar-refractivity contribution in [1.29, 1.82) is 0 Å². The molecule has 2 aromatic carbocycles. The third-order valence-corrected chi connectivity index (χ3v) is 7.47. The maximum absolute atomic E-state index is 14.9. The van der Waals surface area contributed by atoms with Gasteiger partial charge in [0, 0.05) is 42.7 Å². The Balaban J connectivity index is 1.78. The molecule has 5 rings (SSSR count). The Labute approximate surface area is 232 Å². The van der Waals surface area contributed by atoms with Crippen molar-refractivity contribution in [2.75, 3.05) is 31.1 Å². The Morgan fingerprint density at radius 3 is 2.38 bits per heavy atom. The van der Waals surface area contributed by atoms with Gasteiger partial charge in [0.15, 0.2) is 0 Å². The number of hydrogen-bond donors (Lipinski definition) is 1. The van der Waals surface area contributed by atoms with Gasteiger partial charge in [0.2, 0.25) is 5.91 Å². The van der Waals surface area contributed by atoms with E-state index in [9.17, 15) is 14.3 Å². The van der Waals surface area contributed by atoms with Crippen molar-refractivity contribution in [3.05, 3.63) is 89.3 Å². The number of aliphatic hydroxyl groups excluding tert-OH is 1. The molecule has 6 nitrogen and oxygen atoms in total. The zero-order valence-electron chi connectivity index (χ0n) is 22.0. The number of fused-ring (bicyclic) bond motifs is 1. The highest BCUT2D eigenvalue weighted by atomic mass is 35.5. The van der Waals surface area contributed by atoms with E-state index < -0.39 is 5.82 Å². The van der Waals surface area contributed by atoms with E-state index in [-0.39, 0.29) is 18.4 Å². The average Bonchev–Trinajstić information content (AvgIpc) is 2.96. The third kappa shape index (κ3) is 5.00. The maximum Gasteiger partial charge on any atom is 0.246 e. The fourth-order valence-electron chi connectivity index (χ4n) is 5.21. The van der Waals surface area contributed by atoms with Crippen LogP contribution < -0.4 is 4.90 Å². The second-order valence-electron chi connectivity index (χ2n) is 9.87. The molecule has 2 aromatic heterocycles. The Hall–Kier alpha value is -3.81. The van der Waals surface area contributed by atoms with Crippen LogP contribution >= 0.6 is 11.6 Å². The molecule has 4 aromatic rings. The Morgan fingerprint density at radius 2 is 1.74 bits per heavy atom. The minimum atomic E-state index is -0.421. The number of carbonyl (C=O) groups is 1.